The van der Waals surface area contributed by atoms with Crippen molar-refractivity contribution in [2.45, 2.75) is 19.9 Å². The Morgan fingerprint density at radius 1 is 1.50 bits per heavy atom. The van der Waals surface area contributed by atoms with Gasteiger partial charge in [-0.3, -0.25) is 9.59 Å². The molecule has 0 bridgehead atoms. The summed E-state index contributed by atoms with van der Waals surface area (Å²) < 4.78 is 0. The zero-order valence-electron chi connectivity index (χ0n) is 8.54. The van der Waals surface area contributed by atoms with Gasteiger partial charge in [-0.05, 0) is 19.4 Å². The molecule has 0 radical (unpaired) electrons. The molecule has 1 saturated heterocycles. The van der Waals surface area contributed by atoms with Crippen molar-refractivity contribution in [3.63, 3.8) is 0 Å². The number of carbonyl (C=O) groups excluding carboxylic acids is 2. The molecule has 0 aromatic rings. The molecular weight excluding hydrogens is 182 g/mol. The van der Waals surface area contributed by atoms with E-state index in [1.54, 1.807) is 6.92 Å². The van der Waals surface area contributed by atoms with Crippen LogP contribution in [0.15, 0.2) is 0 Å². The van der Waals surface area contributed by atoms with Crippen LogP contribution in [0.1, 0.15) is 13.8 Å². The number of hydrogen-bond acceptors (Lipinski definition) is 3. The summed E-state index contributed by atoms with van der Waals surface area (Å²) in [6, 6.07) is -0.588. The van der Waals surface area contributed by atoms with Crippen LogP contribution in [0.3, 0.4) is 0 Å². The molecule has 14 heavy (non-hydrogen) atoms. The van der Waals surface area contributed by atoms with E-state index in [-0.39, 0.29) is 11.8 Å². The summed E-state index contributed by atoms with van der Waals surface area (Å²) in [5.74, 6) is -0.322. The highest BCUT2D eigenvalue weighted by atomic mass is 16.2. The molecule has 0 spiro atoms. The molecule has 2 unspecified atom stereocenters. The molecular formula is C9H17N3O2. The average molecular weight is 199 g/mol. The smallest absolute Gasteiger partial charge is 0.239 e. The molecule has 1 aliphatic rings. The summed E-state index contributed by atoms with van der Waals surface area (Å²) >= 11 is 0. The average Bonchev–Trinajstić information content (AvgIpc) is 2.51. The van der Waals surface area contributed by atoms with Crippen molar-refractivity contribution in [2.24, 2.45) is 17.6 Å². The monoisotopic (exact) mass is 199 g/mol. The number of nitrogens with two attached hydrogens (primary N) is 1. The van der Waals surface area contributed by atoms with Crippen LogP contribution < -0.4 is 16.4 Å². The number of primary amides is 1. The van der Waals surface area contributed by atoms with Crippen molar-refractivity contribution >= 4 is 11.8 Å². The largest absolute Gasteiger partial charge is 0.368 e. The SMILES string of the molecule is CC1CNCC1C(=O)N[C@@H](C)C(N)=O. The van der Waals surface area contributed by atoms with E-state index in [0.717, 1.165) is 6.54 Å². The van der Waals surface area contributed by atoms with Crippen LogP contribution in [0.5, 0.6) is 0 Å². The van der Waals surface area contributed by atoms with Gasteiger partial charge >= 0.3 is 0 Å². The third kappa shape index (κ3) is 2.45. The molecule has 3 atom stereocenters. The topological polar surface area (TPSA) is 84.2 Å². The molecule has 0 aliphatic carbocycles. The van der Waals surface area contributed by atoms with Gasteiger partial charge in [0.1, 0.15) is 6.04 Å². The number of amides is 2. The normalized spacial score (nSPS) is 28.4. The van der Waals surface area contributed by atoms with E-state index in [4.69, 9.17) is 5.73 Å². The van der Waals surface area contributed by atoms with E-state index in [1.807, 2.05) is 6.92 Å². The predicted molar refractivity (Wildman–Crippen MR) is 52.3 cm³/mol. The van der Waals surface area contributed by atoms with Gasteiger partial charge in [0.15, 0.2) is 0 Å². The van der Waals surface area contributed by atoms with Crippen molar-refractivity contribution in [3.8, 4) is 0 Å². The van der Waals surface area contributed by atoms with Crippen LogP contribution in [0.25, 0.3) is 0 Å². The number of nitrogens with one attached hydrogen (secondary N) is 2. The minimum atomic E-state index is -0.588. The quantitative estimate of drug-likeness (QED) is 0.535. The Labute approximate surface area is 83.4 Å². The highest BCUT2D eigenvalue weighted by Crippen LogP contribution is 2.15. The van der Waals surface area contributed by atoms with Gasteiger partial charge in [0, 0.05) is 6.54 Å². The molecule has 0 saturated carbocycles. The first kappa shape index (κ1) is 11.0. The lowest BCUT2D eigenvalue weighted by molar-refractivity contribution is -0.129. The van der Waals surface area contributed by atoms with Gasteiger partial charge in [-0.2, -0.15) is 0 Å². The van der Waals surface area contributed by atoms with Gasteiger partial charge in [0.05, 0.1) is 5.92 Å². The van der Waals surface area contributed by atoms with Crippen molar-refractivity contribution in [1.82, 2.24) is 10.6 Å². The second-order valence-electron chi connectivity index (χ2n) is 3.87. The van der Waals surface area contributed by atoms with Crippen LogP contribution in [0, 0.1) is 11.8 Å². The summed E-state index contributed by atoms with van der Waals surface area (Å²) in [7, 11) is 0. The van der Waals surface area contributed by atoms with E-state index < -0.39 is 11.9 Å². The Morgan fingerprint density at radius 2 is 2.14 bits per heavy atom. The first-order chi connectivity index (χ1) is 6.52. The molecule has 5 nitrogen and oxygen atoms in total. The summed E-state index contributed by atoms with van der Waals surface area (Å²) in [6.07, 6.45) is 0. The lowest BCUT2D eigenvalue weighted by atomic mass is 9.97. The molecule has 2 amide bonds. The van der Waals surface area contributed by atoms with Gasteiger partial charge in [-0.15, -0.1) is 0 Å². The fourth-order valence-corrected chi connectivity index (χ4v) is 1.55. The lowest BCUT2D eigenvalue weighted by Crippen LogP contribution is -2.45. The second-order valence-corrected chi connectivity index (χ2v) is 3.87. The van der Waals surface area contributed by atoms with Crippen LogP contribution in [0.2, 0.25) is 0 Å². The fraction of sp³-hybridized carbons (Fsp3) is 0.778. The third-order valence-electron chi connectivity index (χ3n) is 2.64. The van der Waals surface area contributed by atoms with Crippen LogP contribution >= 0.6 is 0 Å². The molecule has 1 rings (SSSR count). The predicted octanol–water partition coefficient (Wildman–Crippen LogP) is -1.17. The lowest BCUT2D eigenvalue weighted by Gasteiger charge is -2.16. The third-order valence-corrected chi connectivity index (χ3v) is 2.64. The number of carbonyl (C=O) groups is 2. The van der Waals surface area contributed by atoms with Crippen LogP contribution in [0.4, 0.5) is 0 Å². The van der Waals surface area contributed by atoms with E-state index in [2.05, 4.69) is 10.6 Å². The minimum Gasteiger partial charge on any atom is -0.368 e. The Hall–Kier alpha value is -1.10. The van der Waals surface area contributed by atoms with Gasteiger partial charge in [0.25, 0.3) is 0 Å². The van der Waals surface area contributed by atoms with Crippen molar-refractivity contribution in [1.29, 1.82) is 0 Å². The second kappa shape index (κ2) is 4.41. The molecule has 0 aromatic heterocycles. The van der Waals surface area contributed by atoms with Gasteiger partial charge in [0.2, 0.25) is 11.8 Å². The van der Waals surface area contributed by atoms with Gasteiger partial charge < -0.3 is 16.4 Å². The highest BCUT2D eigenvalue weighted by Gasteiger charge is 2.30. The molecule has 1 fully saturated rings. The van der Waals surface area contributed by atoms with Gasteiger partial charge in [-0.1, -0.05) is 6.92 Å². The maximum absolute atomic E-state index is 11.6. The van der Waals surface area contributed by atoms with Crippen molar-refractivity contribution in [2.75, 3.05) is 13.1 Å². The first-order valence-electron chi connectivity index (χ1n) is 4.82. The molecule has 5 heteroatoms. The van der Waals surface area contributed by atoms with E-state index >= 15 is 0 Å². The molecule has 80 valence electrons. The molecule has 1 heterocycles. The molecule has 1 aliphatic heterocycles. The Bertz CT molecular complexity index is 242. The Balaban J connectivity index is 2.45. The zero-order valence-corrected chi connectivity index (χ0v) is 8.54. The summed E-state index contributed by atoms with van der Waals surface area (Å²) in [6.45, 7) is 5.13. The summed E-state index contributed by atoms with van der Waals surface area (Å²) in [4.78, 5) is 22.3. The van der Waals surface area contributed by atoms with Crippen molar-refractivity contribution < 1.29 is 9.59 Å². The first-order valence-corrected chi connectivity index (χ1v) is 4.82. The van der Waals surface area contributed by atoms with Gasteiger partial charge in [-0.25, -0.2) is 0 Å². The number of rotatable bonds is 3. The Morgan fingerprint density at radius 3 is 2.57 bits per heavy atom. The molecule has 0 aromatic carbocycles. The fourth-order valence-electron chi connectivity index (χ4n) is 1.55. The van der Waals surface area contributed by atoms with E-state index in [1.165, 1.54) is 0 Å². The van der Waals surface area contributed by atoms with Crippen molar-refractivity contribution in [3.05, 3.63) is 0 Å². The zero-order chi connectivity index (χ0) is 10.7. The van der Waals surface area contributed by atoms with E-state index in [9.17, 15) is 9.59 Å². The summed E-state index contributed by atoms with van der Waals surface area (Å²) in [5.41, 5.74) is 5.05. The molecule has 4 N–H and O–H groups in total. The highest BCUT2D eigenvalue weighted by molar-refractivity contribution is 5.87. The standard InChI is InChI=1S/C9H17N3O2/c1-5-3-11-4-7(5)9(14)12-6(2)8(10)13/h5-7,11H,3-4H2,1-2H3,(H2,10,13)(H,12,14)/t5?,6-,7?/m0/s1. The van der Waals surface area contributed by atoms with Crippen LogP contribution in [-0.2, 0) is 9.59 Å². The summed E-state index contributed by atoms with van der Waals surface area (Å²) in [5, 5.41) is 5.73. The maximum atomic E-state index is 11.6. The maximum Gasteiger partial charge on any atom is 0.239 e. The Kier molecular flexibility index (Phi) is 3.46. The minimum absolute atomic E-state index is 0.0446. The van der Waals surface area contributed by atoms with E-state index in [0.29, 0.717) is 12.5 Å². The van der Waals surface area contributed by atoms with Crippen LogP contribution in [-0.4, -0.2) is 30.9 Å². The number of hydrogen-bond donors (Lipinski definition) is 3.